The molecule has 1 aliphatic carbocycles. The van der Waals surface area contributed by atoms with Gasteiger partial charge in [0.15, 0.2) is 0 Å². The molecule has 0 radical (unpaired) electrons. The van der Waals surface area contributed by atoms with Gasteiger partial charge in [-0.1, -0.05) is 29.8 Å². The van der Waals surface area contributed by atoms with Crippen LogP contribution < -0.4 is 0 Å². The fourth-order valence-electron chi connectivity index (χ4n) is 2.48. The van der Waals surface area contributed by atoms with Gasteiger partial charge in [-0.2, -0.15) is 0 Å². The lowest BCUT2D eigenvalue weighted by Crippen LogP contribution is -2.10. The third-order valence-electron chi connectivity index (χ3n) is 3.32. The van der Waals surface area contributed by atoms with Gasteiger partial charge in [-0.25, -0.2) is 0 Å². The lowest BCUT2D eigenvalue weighted by atomic mass is 9.96. The zero-order valence-corrected chi connectivity index (χ0v) is 10.1. The van der Waals surface area contributed by atoms with Gasteiger partial charge in [0, 0.05) is 7.11 Å². The summed E-state index contributed by atoms with van der Waals surface area (Å²) >= 11 is 0. The second-order valence-corrected chi connectivity index (χ2v) is 4.62. The molecule has 0 aliphatic heterocycles. The van der Waals surface area contributed by atoms with Gasteiger partial charge >= 0.3 is 0 Å². The van der Waals surface area contributed by atoms with Crippen LogP contribution in [0.5, 0.6) is 0 Å². The molecule has 0 saturated heterocycles. The summed E-state index contributed by atoms with van der Waals surface area (Å²) in [4.78, 5) is 0. The Morgan fingerprint density at radius 3 is 2.94 bits per heavy atom. The van der Waals surface area contributed by atoms with Gasteiger partial charge in [0.2, 0.25) is 0 Å². The van der Waals surface area contributed by atoms with Gasteiger partial charge in [-0.05, 0) is 37.7 Å². The number of hydrogen-bond acceptors (Lipinski definition) is 2. The first-order valence-electron chi connectivity index (χ1n) is 5.96. The molecule has 2 heteroatoms. The molecule has 0 aromatic heterocycles. The maximum Gasteiger partial charge on any atom is 0.146 e. The smallest absolute Gasteiger partial charge is 0.146 e. The minimum atomic E-state index is 0.380. The molecule has 0 spiro atoms. The van der Waals surface area contributed by atoms with Crippen LogP contribution in [0, 0.1) is 6.92 Å². The molecule has 2 atom stereocenters. The summed E-state index contributed by atoms with van der Waals surface area (Å²) in [6.45, 7) is 2.57. The maximum absolute atomic E-state index is 5.61. The van der Waals surface area contributed by atoms with Crippen molar-refractivity contribution in [2.75, 3.05) is 13.9 Å². The topological polar surface area (TPSA) is 18.5 Å². The zero-order valence-electron chi connectivity index (χ0n) is 10.1. The van der Waals surface area contributed by atoms with Gasteiger partial charge in [0.1, 0.15) is 6.79 Å². The Kier molecular flexibility index (Phi) is 3.97. The van der Waals surface area contributed by atoms with E-state index in [1.807, 2.05) is 0 Å². The highest BCUT2D eigenvalue weighted by molar-refractivity contribution is 5.26. The fourth-order valence-corrected chi connectivity index (χ4v) is 2.48. The molecule has 2 unspecified atom stereocenters. The monoisotopic (exact) mass is 220 g/mol. The second-order valence-electron chi connectivity index (χ2n) is 4.62. The third-order valence-corrected chi connectivity index (χ3v) is 3.32. The first-order chi connectivity index (χ1) is 7.79. The number of methoxy groups -OCH3 is 1. The van der Waals surface area contributed by atoms with Crippen LogP contribution in [0.15, 0.2) is 24.3 Å². The van der Waals surface area contributed by atoms with Crippen LogP contribution in [-0.2, 0) is 9.47 Å². The molecule has 0 heterocycles. The van der Waals surface area contributed by atoms with Gasteiger partial charge in [-0.3, -0.25) is 0 Å². The minimum absolute atomic E-state index is 0.380. The molecule has 1 aliphatic rings. The summed E-state index contributed by atoms with van der Waals surface area (Å²) in [5.74, 6) is 0.668. The van der Waals surface area contributed by atoms with E-state index in [9.17, 15) is 0 Å². The molecule has 88 valence electrons. The number of hydrogen-bond donors (Lipinski definition) is 0. The van der Waals surface area contributed by atoms with Crippen molar-refractivity contribution < 1.29 is 9.47 Å². The Morgan fingerprint density at radius 1 is 1.31 bits per heavy atom. The van der Waals surface area contributed by atoms with Crippen molar-refractivity contribution in [3.63, 3.8) is 0 Å². The van der Waals surface area contributed by atoms with E-state index in [0.717, 1.165) is 12.8 Å². The van der Waals surface area contributed by atoms with Crippen LogP contribution in [0.25, 0.3) is 0 Å². The molecule has 0 N–H and O–H groups in total. The standard InChI is InChI=1S/C14H20O2/c1-11-4-3-5-12(8-11)13-6-7-14(9-13)16-10-15-2/h3-5,8,13-14H,6-7,9-10H2,1-2H3. The molecule has 1 aromatic rings. The van der Waals surface area contributed by atoms with Crippen molar-refractivity contribution in [3.8, 4) is 0 Å². The molecule has 1 saturated carbocycles. The Bertz CT molecular complexity index is 335. The Labute approximate surface area is 97.6 Å². The normalized spacial score (nSPS) is 24.9. The van der Waals surface area contributed by atoms with Gasteiger partial charge in [-0.15, -0.1) is 0 Å². The average molecular weight is 220 g/mol. The van der Waals surface area contributed by atoms with E-state index in [1.165, 1.54) is 17.5 Å². The number of aryl methyl sites for hydroxylation is 1. The van der Waals surface area contributed by atoms with Crippen molar-refractivity contribution >= 4 is 0 Å². The highest BCUT2D eigenvalue weighted by Gasteiger charge is 2.26. The molecule has 2 nitrogen and oxygen atoms in total. The van der Waals surface area contributed by atoms with E-state index in [1.54, 1.807) is 7.11 Å². The number of rotatable bonds is 4. The van der Waals surface area contributed by atoms with Crippen molar-refractivity contribution in [1.29, 1.82) is 0 Å². The second kappa shape index (κ2) is 5.46. The lowest BCUT2D eigenvalue weighted by Gasteiger charge is -2.12. The summed E-state index contributed by atoms with van der Waals surface area (Å²) in [6.07, 6.45) is 3.90. The summed E-state index contributed by atoms with van der Waals surface area (Å²) in [7, 11) is 1.67. The quantitative estimate of drug-likeness (QED) is 0.725. The summed E-state index contributed by atoms with van der Waals surface area (Å²) in [6, 6.07) is 8.82. The Hall–Kier alpha value is -0.860. The van der Waals surface area contributed by atoms with Crippen molar-refractivity contribution in [2.24, 2.45) is 0 Å². The van der Waals surface area contributed by atoms with Crippen LogP contribution in [0.4, 0.5) is 0 Å². The molecule has 1 aromatic carbocycles. The number of ether oxygens (including phenoxy) is 2. The first kappa shape index (κ1) is 11.6. The molecule has 0 bridgehead atoms. The van der Waals surface area contributed by atoms with Crippen LogP contribution in [0.1, 0.15) is 36.3 Å². The predicted octanol–water partition coefficient (Wildman–Crippen LogP) is 3.25. The Balaban J connectivity index is 1.93. The molecular formula is C14H20O2. The molecule has 0 amide bonds. The summed E-state index contributed by atoms with van der Waals surface area (Å²) in [5, 5.41) is 0. The SMILES string of the molecule is COCOC1CCC(c2cccc(C)c2)C1. The maximum atomic E-state index is 5.61. The predicted molar refractivity (Wildman–Crippen MR) is 64.5 cm³/mol. The van der Waals surface area contributed by atoms with Crippen molar-refractivity contribution in [2.45, 2.75) is 38.2 Å². The largest absolute Gasteiger partial charge is 0.359 e. The Morgan fingerprint density at radius 2 is 2.19 bits per heavy atom. The van der Waals surface area contributed by atoms with Crippen LogP contribution in [0.2, 0.25) is 0 Å². The van der Waals surface area contributed by atoms with E-state index < -0.39 is 0 Å². The van der Waals surface area contributed by atoms with E-state index in [2.05, 4.69) is 31.2 Å². The zero-order chi connectivity index (χ0) is 11.4. The highest BCUT2D eigenvalue weighted by Crippen LogP contribution is 2.36. The van der Waals surface area contributed by atoms with Crippen LogP contribution in [0.3, 0.4) is 0 Å². The van der Waals surface area contributed by atoms with E-state index in [0.29, 0.717) is 18.8 Å². The molecular weight excluding hydrogens is 200 g/mol. The fraction of sp³-hybridized carbons (Fsp3) is 0.571. The lowest BCUT2D eigenvalue weighted by molar-refractivity contribution is -0.0690. The third kappa shape index (κ3) is 2.83. The van der Waals surface area contributed by atoms with Gasteiger partial charge in [0.25, 0.3) is 0 Å². The minimum Gasteiger partial charge on any atom is -0.359 e. The van der Waals surface area contributed by atoms with Crippen molar-refractivity contribution in [1.82, 2.24) is 0 Å². The highest BCUT2D eigenvalue weighted by atomic mass is 16.7. The van der Waals surface area contributed by atoms with Gasteiger partial charge < -0.3 is 9.47 Å². The van der Waals surface area contributed by atoms with Crippen molar-refractivity contribution in [3.05, 3.63) is 35.4 Å². The van der Waals surface area contributed by atoms with Gasteiger partial charge in [0.05, 0.1) is 6.10 Å². The molecule has 2 rings (SSSR count). The van der Waals surface area contributed by atoms with E-state index in [4.69, 9.17) is 9.47 Å². The van der Waals surface area contributed by atoms with Crippen LogP contribution >= 0.6 is 0 Å². The first-order valence-corrected chi connectivity index (χ1v) is 5.96. The van der Waals surface area contributed by atoms with E-state index in [-0.39, 0.29) is 0 Å². The average Bonchev–Trinajstić information content (AvgIpc) is 2.75. The number of benzene rings is 1. The summed E-state index contributed by atoms with van der Waals surface area (Å²) in [5.41, 5.74) is 2.81. The van der Waals surface area contributed by atoms with Crippen LogP contribution in [-0.4, -0.2) is 20.0 Å². The molecule has 1 fully saturated rings. The van der Waals surface area contributed by atoms with E-state index >= 15 is 0 Å². The molecule has 16 heavy (non-hydrogen) atoms. The summed E-state index contributed by atoms with van der Waals surface area (Å²) < 4.78 is 10.6.